The Morgan fingerprint density at radius 3 is 2.89 bits per heavy atom. The van der Waals surface area contributed by atoms with Gasteiger partial charge < -0.3 is 19.8 Å². The first kappa shape index (κ1) is 13.4. The van der Waals surface area contributed by atoms with Crippen molar-refractivity contribution >= 4 is 21.6 Å². The van der Waals surface area contributed by atoms with Crippen LogP contribution in [0.3, 0.4) is 0 Å². The Labute approximate surface area is 121 Å². The summed E-state index contributed by atoms with van der Waals surface area (Å²) in [5.41, 5.74) is 1.87. The minimum Gasteiger partial charge on any atom is -0.396 e. The van der Waals surface area contributed by atoms with E-state index in [1.54, 1.807) is 0 Å². The van der Waals surface area contributed by atoms with Gasteiger partial charge in [-0.25, -0.2) is 0 Å². The van der Waals surface area contributed by atoms with Crippen molar-refractivity contribution in [2.75, 3.05) is 37.9 Å². The largest absolute Gasteiger partial charge is 0.396 e. The monoisotopic (exact) mass is 327 g/mol. The molecule has 2 aliphatic heterocycles. The molecule has 2 N–H and O–H groups in total. The van der Waals surface area contributed by atoms with Gasteiger partial charge in [0.25, 0.3) is 0 Å². The number of rotatable bonds is 2. The average molecular weight is 328 g/mol. The molecule has 104 valence electrons. The Balaban J connectivity index is 2.09. The van der Waals surface area contributed by atoms with Gasteiger partial charge in [-0.2, -0.15) is 0 Å². The second kappa shape index (κ2) is 5.05. The molecule has 1 atom stereocenters. The normalized spacial score (nSPS) is 24.8. The fraction of sp³-hybridized carbons (Fsp3) is 0.571. The zero-order valence-electron chi connectivity index (χ0n) is 10.7. The van der Waals surface area contributed by atoms with Gasteiger partial charge in [-0.05, 0) is 24.1 Å². The predicted molar refractivity (Wildman–Crippen MR) is 76.4 cm³/mol. The zero-order chi connectivity index (χ0) is 13.5. The van der Waals surface area contributed by atoms with Gasteiger partial charge in [-0.1, -0.05) is 22.0 Å². The van der Waals surface area contributed by atoms with Crippen LogP contribution >= 0.6 is 15.9 Å². The Kier molecular flexibility index (Phi) is 3.55. The topological polar surface area (TPSA) is 52.9 Å². The number of morpholine rings is 1. The Bertz CT molecular complexity index is 476. The molecule has 1 saturated heterocycles. The first-order valence-corrected chi connectivity index (χ1v) is 7.34. The standard InChI is InChI=1S/C14H18BrNO3/c15-11-2-1-10-6-14(8-17,9-18)13-7-19-4-3-16(13)12(10)5-11/h1-2,5,13,17-18H,3-4,6-9H2. The van der Waals surface area contributed by atoms with E-state index >= 15 is 0 Å². The number of nitrogens with zero attached hydrogens (tertiary/aromatic N) is 1. The fourth-order valence-electron chi connectivity index (χ4n) is 3.22. The van der Waals surface area contributed by atoms with Crippen molar-refractivity contribution in [3.63, 3.8) is 0 Å². The van der Waals surface area contributed by atoms with E-state index in [-0.39, 0.29) is 19.3 Å². The lowest BCUT2D eigenvalue weighted by Crippen LogP contribution is -2.61. The van der Waals surface area contributed by atoms with E-state index < -0.39 is 5.41 Å². The third-order valence-electron chi connectivity index (χ3n) is 4.36. The fourth-order valence-corrected chi connectivity index (χ4v) is 3.57. The molecule has 1 aromatic carbocycles. The molecular weight excluding hydrogens is 310 g/mol. The molecule has 3 rings (SSSR count). The first-order chi connectivity index (χ1) is 9.20. The van der Waals surface area contributed by atoms with Gasteiger partial charge in [0.2, 0.25) is 0 Å². The molecule has 1 aromatic rings. The third-order valence-corrected chi connectivity index (χ3v) is 4.86. The number of benzene rings is 1. The van der Waals surface area contributed by atoms with Crippen molar-refractivity contribution in [3.05, 3.63) is 28.2 Å². The van der Waals surface area contributed by atoms with Gasteiger partial charge in [0, 0.05) is 22.1 Å². The Hall–Kier alpha value is -0.620. The number of aliphatic hydroxyl groups excluding tert-OH is 2. The lowest BCUT2D eigenvalue weighted by molar-refractivity contribution is -0.0246. The number of anilines is 1. The molecule has 1 unspecified atom stereocenters. The molecule has 4 nitrogen and oxygen atoms in total. The van der Waals surface area contributed by atoms with Gasteiger partial charge in [0.05, 0.1) is 32.5 Å². The van der Waals surface area contributed by atoms with Crippen LogP contribution in [-0.4, -0.2) is 49.2 Å². The average Bonchev–Trinajstić information content (AvgIpc) is 2.47. The van der Waals surface area contributed by atoms with E-state index in [2.05, 4.69) is 33.0 Å². The minimum atomic E-state index is -0.513. The van der Waals surface area contributed by atoms with Crippen LogP contribution in [0.4, 0.5) is 5.69 Å². The van der Waals surface area contributed by atoms with E-state index in [0.717, 1.165) is 11.0 Å². The maximum atomic E-state index is 9.81. The molecule has 0 amide bonds. The third kappa shape index (κ3) is 2.09. The number of aliphatic hydroxyl groups is 2. The Morgan fingerprint density at radius 1 is 1.37 bits per heavy atom. The summed E-state index contributed by atoms with van der Waals surface area (Å²) in [6.45, 7) is 2.01. The number of halogens is 1. The van der Waals surface area contributed by atoms with E-state index in [4.69, 9.17) is 4.74 Å². The molecule has 0 bridgehead atoms. The minimum absolute atomic E-state index is 0.0243. The molecule has 2 aliphatic rings. The maximum absolute atomic E-state index is 9.81. The van der Waals surface area contributed by atoms with Crippen molar-refractivity contribution < 1.29 is 14.9 Å². The summed E-state index contributed by atoms with van der Waals surface area (Å²) in [7, 11) is 0. The van der Waals surface area contributed by atoms with E-state index in [1.807, 2.05) is 6.07 Å². The van der Waals surface area contributed by atoms with Crippen LogP contribution in [0.2, 0.25) is 0 Å². The lowest BCUT2D eigenvalue weighted by Gasteiger charge is -2.52. The summed E-state index contributed by atoms with van der Waals surface area (Å²) in [5, 5.41) is 19.6. The second-order valence-corrected chi connectivity index (χ2v) is 6.33. The summed E-state index contributed by atoms with van der Waals surface area (Å²) in [4.78, 5) is 2.28. The molecule has 0 spiro atoms. The summed E-state index contributed by atoms with van der Waals surface area (Å²) in [6, 6.07) is 6.24. The summed E-state index contributed by atoms with van der Waals surface area (Å²) >= 11 is 3.51. The van der Waals surface area contributed by atoms with E-state index in [9.17, 15) is 10.2 Å². The van der Waals surface area contributed by atoms with Crippen molar-refractivity contribution in [1.29, 1.82) is 0 Å². The summed E-state index contributed by atoms with van der Waals surface area (Å²) < 4.78 is 6.62. The number of hydrogen-bond donors (Lipinski definition) is 2. The van der Waals surface area contributed by atoms with Crippen LogP contribution in [0.1, 0.15) is 5.56 Å². The van der Waals surface area contributed by atoms with Crippen LogP contribution < -0.4 is 4.90 Å². The molecular formula is C14H18BrNO3. The molecule has 0 aromatic heterocycles. The van der Waals surface area contributed by atoms with Crippen molar-refractivity contribution in [2.45, 2.75) is 12.5 Å². The molecule has 19 heavy (non-hydrogen) atoms. The highest BCUT2D eigenvalue weighted by Gasteiger charge is 2.47. The van der Waals surface area contributed by atoms with Crippen molar-refractivity contribution in [2.24, 2.45) is 5.41 Å². The van der Waals surface area contributed by atoms with Crippen LogP contribution in [0.15, 0.2) is 22.7 Å². The Morgan fingerprint density at radius 2 is 2.16 bits per heavy atom. The quantitative estimate of drug-likeness (QED) is 0.856. The molecule has 0 aliphatic carbocycles. The zero-order valence-corrected chi connectivity index (χ0v) is 12.3. The van der Waals surface area contributed by atoms with E-state index in [1.165, 1.54) is 11.3 Å². The molecule has 1 fully saturated rings. The number of ether oxygens (including phenoxy) is 1. The summed E-state index contributed by atoms with van der Waals surface area (Å²) in [6.07, 6.45) is 0.688. The van der Waals surface area contributed by atoms with Gasteiger partial charge >= 0.3 is 0 Å². The smallest absolute Gasteiger partial charge is 0.0678 e. The SMILES string of the molecule is OCC1(CO)Cc2ccc(Br)cc2N2CCOCC21. The van der Waals surface area contributed by atoms with Gasteiger partial charge in [0.15, 0.2) is 0 Å². The molecule has 0 radical (unpaired) electrons. The number of fused-ring (bicyclic) bond motifs is 3. The maximum Gasteiger partial charge on any atom is 0.0678 e. The van der Waals surface area contributed by atoms with E-state index in [0.29, 0.717) is 19.6 Å². The lowest BCUT2D eigenvalue weighted by atomic mass is 9.72. The molecule has 5 heteroatoms. The highest BCUT2D eigenvalue weighted by Crippen LogP contribution is 2.43. The van der Waals surface area contributed by atoms with Crippen molar-refractivity contribution in [1.82, 2.24) is 0 Å². The predicted octanol–water partition coefficient (Wildman–Crippen LogP) is 1.18. The molecule has 2 heterocycles. The first-order valence-electron chi connectivity index (χ1n) is 6.55. The number of hydrogen-bond acceptors (Lipinski definition) is 4. The van der Waals surface area contributed by atoms with Crippen LogP contribution in [0.25, 0.3) is 0 Å². The van der Waals surface area contributed by atoms with Crippen LogP contribution in [-0.2, 0) is 11.2 Å². The highest BCUT2D eigenvalue weighted by atomic mass is 79.9. The van der Waals surface area contributed by atoms with Crippen molar-refractivity contribution in [3.8, 4) is 0 Å². The summed E-state index contributed by atoms with van der Waals surface area (Å²) in [5.74, 6) is 0. The van der Waals surface area contributed by atoms with Crippen LogP contribution in [0.5, 0.6) is 0 Å². The van der Waals surface area contributed by atoms with Gasteiger partial charge in [-0.3, -0.25) is 0 Å². The second-order valence-electron chi connectivity index (χ2n) is 5.41. The van der Waals surface area contributed by atoms with Gasteiger partial charge in [-0.15, -0.1) is 0 Å². The molecule has 0 saturated carbocycles. The van der Waals surface area contributed by atoms with Crippen LogP contribution in [0, 0.1) is 5.41 Å². The van der Waals surface area contributed by atoms with Gasteiger partial charge in [0.1, 0.15) is 0 Å². The highest BCUT2D eigenvalue weighted by molar-refractivity contribution is 9.10.